The first-order valence-corrected chi connectivity index (χ1v) is 17.8. The molecule has 0 aliphatic heterocycles. The SMILES string of the molecule is CC(C)(C)c1ccc2[cH-]c3ccc(C(C)(C)C)cc3c2c1.CC(C)([C](=[Zr+2])C(C)(C)c1ccccc1)c1ccccc1.Cl.Cl.[C-]1=CC=CC1. The van der Waals surface area contributed by atoms with Gasteiger partial charge in [-0.05, 0) is 10.8 Å². The molecule has 252 valence electrons. The predicted octanol–water partition coefficient (Wildman–Crippen LogP) is 13.1. The summed E-state index contributed by atoms with van der Waals surface area (Å²) < 4.78 is 1.58. The molecule has 48 heavy (non-hydrogen) atoms. The standard InChI is InChI=1S/C21H25.C19H22.C5H5.2ClH.Zr/c1-20(2,3)16-9-7-14-11-15-8-10-17(21(4,5)6)13-19(15)18(14)12-16;1-18(2,16-11-7-5-8-12-16)15-19(3,4)17-13-9-6-10-14-17;1-2-4-5-3-1;;;/h7-13H,1-6H3;5-14H,1-4H3;1-3H,4H2;2*1H;/q-1;;-1;;;+2. The van der Waals surface area contributed by atoms with E-state index in [4.69, 9.17) is 0 Å². The maximum atomic E-state index is 2.99. The molecule has 0 saturated carbocycles. The Kier molecular flexibility index (Phi) is 14.8. The van der Waals surface area contributed by atoms with Crippen LogP contribution in [0.3, 0.4) is 0 Å². The number of hydrogen-bond donors (Lipinski definition) is 0. The van der Waals surface area contributed by atoms with Crippen LogP contribution in [-0.2, 0) is 45.9 Å². The summed E-state index contributed by atoms with van der Waals surface area (Å²) in [5.74, 6) is 0. The van der Waals surface area contributed by atoms with E-state index in [0.717, 1.165) is 6.42 Å². The number of benzene rings is 4. The minimum absolute atomic E-state index is 0. The van der Waals surface area contributed by atoms with Gasteiger partial charge in [0.15, 0.2) is 0 Å². The fraction of sp³-hybridized carbons (Fsp3) is 0.333. The molecule has 0 amide bonds. The number of allylic oxidation sites excluding steroid dienone is 4. The van der Waals surface area contributed by atoms with Crippen molar-refractivity contribution < 1.29 is 24.2 Å². The monoisotopic (exact) mass is 754 g/mol. The largest absolute Gasteiger partial charge is 0.273 e. The third kappa shape index (κ3) is 10.1. The minimum atomic E-state index is 0. The molecule has 0 unspecified atom stereocenters. The van der Waals surface area contributed by atoms with E-state index in [-0.39, 0.29) is 46.5 Å². The molecule has 1 aliphatic carbocycles. The van der Waals surface area contributed by atoms with Crippen LogP contribution in [0.25, 0.3) is 21.5 Å². The van der Waals surface area contributed by atoms with Crippen LogP contribution in [0.5, 0.6) is 0 Å². The van der Waals surface area contributed by atoms with E-state index in [1.165, 1.54) is 68.0 Å². The van der Waals surface area contributed by atoms with E-state index < -0.39 is 0 Å². The molecule has 0 N–H and O–H groups in total. The Morgan fingerprint density at radius 1 is 0.562 bits per heavy atom. The molecule has 0 bridgehead atoms. The van der Waals surface area contributed by atoms with Crippen LogP contribution in [0.4, 0.5) is 0 Å². The third-order valence-electron chi connectivity index (χ3n) is 9.27. The van der Waals surface area contributed by atoms with Gasteiger partial charge in [-0.3, -0.25) is 6.08 Å². The molecule has 0 heterocycles. The van der Waals surface area contributed by atoms with E-state index in [1.54, 1.807) is 3.21 Å². The van der Waals surface area contributed by atoms with Crippen molar-refractivity contribution in [3.8, 4) is 0 Å². The second-order valence-corrected chi connectivity index (χ2v) is 16.8. The number of hydrogen-bond acceptors (Lipinski definition) is 0. The van der Waals surface area contributed by atoms with Crippen molar-refractivity contribution in [1.82, 2.24) is 0 Å². The van der Waals surface area contributed by atoms with Crippen LogP contribution in [0.2, 0.25) is 0 Å². The Morgan fingerprint density at radius 3 is 1.25 bits per heavy atom. The van der Waals surface area contributed by atoms with Crippen LogP contribution in [0.1, 0.15) is 97.9 Å². The van der Waals surface area contributed by atoms with E-state index in [0.29, 0.717) is 0 Å². The first kappa shape index (κ1) is 41.7. The molecule has 0 fully saturated rings. The molecule has 6 rings (SSSR count). The van der Waals surface area contributed by atoms with Crippen molar-refractivity contribution in [3.05, 3.63) is 150 Å². The van der Waals surface area contributed by atoms with Gasteiger partial charge in [0.2, 0.25) is 0 Å². The smallest absolute Gasteiger partial charge is 0.109 e. The van der Waals surface area contributed by atoms with Gasteiger partial charge in [-0.15, -0.1) is 71.0 Å². The predicted molar refractivity (Wildman–Crippen MR) is 214 cm³/mol. The minimum Gasteiger partial charge on any atom is -0.273 e. The molecular weight excluding hydrogens is 703 g/mol. The van der Waals surface area contributed by atoms with Crippen molar-refractivity contribution in [2.45, 2.75) is 97.3 Å². The maximum Gasteiger partial charge on any atom is -0.109 e. The molecular formula is C45H54Cl2Zr. The van der Waals surface area contributed by atoms with Gasteiger partial charge in [-0.2, -0.15) is 6.08 Å². The molecule has 0 atom stereocenters. The maximum absolute atomic E-state index is 2.99. The van der Waals surface area contributed by atoms with Crippen molar-refractivity contribution >= 4 is 49.6 Å². The third-order valence-corrected chi connectivity index (χ3v) is 12.3. The normalized spacial score (nSPS) is 12.8. The Balaban J connectivity index is 0.000000281. The van der Waals surface area contributed by atoms with E-state index in [9.17, 15) is 0 Å². The first-order valence-electron chi connectivity index (χ1n) is 16.6. The summed E-state index contributed by atoms with van der Waals surface area (Å²) in [5, 5.41) is 5.49. The molecule has 5 aromatic carbocycles. The summed E-state index contributed by atoms with van der Waals surface area (Å²) in [6.07, 6.45) is 10.0. The summed E-state index contributed by atoms with van der Waals surface area (Å²) in [4.78, 5) is 0. The van der Waals surface area contributed by atoms with Gasteiger partial charge >= 0.3 is 138 Å². The molecule has 3 heteroatoms. The fourth-order valence-electron chi connectivity index (χ4n) is 6.05. The number of halogens is 2. The van der Waals surface area contributed by atoms with Gasteiger partial charge < -0.3 is 0 Å². The quantitative estimate of drug-likeness (QED) is 0.160. The topological polar surface area (TPSA) is 0 Å². The van der Waals surface area contributed by atoms with Gasteiger partial charge in [0.1, 0.15) is 0 Å². The van der Waals surface area contributed by atoms with Crippen molar-refractivity contribution in [2.24, 2.45) is 0 Å². The summed E-state index contributed by atoms with van der Waals surface area (Å²) in [6.45, 7) is 23.0. The van der Waals surface area contributed by atoms with E-state index in [1.807, 2.05) is 12.2 Å². The van der Waals surface area contributed by atoms with Gasteiger partial charge in [0.05, 0.1) is 0 Å². The summed E-state index contributed by atoms with van der Waals surface area (Å²) >= 11 is 1.51. The van der Waals surface area contributed by atoms with Gasteiger partial charge in [0, 0.05) is 0 Å². The molecule has 5 aromatic rings. The second-order valence-electron chi connectivity index (χ2n) is 15.6. The van der Waals surface area contributed by atoms with Crippen molar-refractivity contribution in [1.29, 1.82) is 0 Å². The van der Waals surface area contributed by atoms with Gasteiger partial charge in [-0.1, -0.05) is 76.9 Å². The molecule has 0 nitrogen and oxygen atoms in total. The Bertz CT molecular complexity index is 1690. The van der Waals surface area contributed by atoms with Crippen LogP contribution >= 0.6 is 24.8 Å². The van der Waals surface area contributed by atoms with Crippen molar-refractivity contribution in [2.75, 3.05) is 0 Å². The van der Waals surface area contributed by atoms with E-state index >= 15 is 0 Å². The van der Waals surface area contributed by atoms with Crippen LogP contribution in [0.15, 0.2) is 121 Å². The fourth-order valence-corrected chi connectivity index (χ4v) is 6.76. The molecule has 0 saturated heterocycles. The number of fused-ring (bicyclic) bond motifs is 3. The Labute approximate surface area is 318 Å². The average molecular weight is 757 g/mol. The molecule has 0 radical (unpaired) electrons. The van der Waals surface area contributed by atoms with Crippen LogP contribution in [-0.4, -0.2) is 3.21 Å². The van der Waals surface area contributed by atoms with Gasteiger partial charge in [-0.25, -0.2) is 12.2 Å². The molecule has 0 spiro atoms. The second kappa shape index (κ2) is 17.0. The summed E-state index contributed by atoms with van der Waals surface area (Å²) in [6, 6.07) is 37.8. The van der Waals surface area contributed by atoms with Crippen LogP contribution < -0.4 is 0 Å². The Morgan fingerprint density at radius 2 is 0.958 bits per heavy atom. The Hall–Kier alpha value is -2.44. The number of rotatable bonds is 4. The zero-order chi connectivity index (χ0) is 33.8. The summed E-state index contributed by atoms with van der Waals surface area (Å²) in [5.41, 5.74) is 6.19. The summed E-state index contributed by atoms with van der Waals surface area (Å²) in [7, 11) is 0. The van der Waals surface area contributed by atoms with Crippen LogP contribution in [0, 0.1) is 6.08 Å². The zero-order valence-electron chi connectivity index (χ0n) is 30.6. The first-order chi connectivity index (χ1) is 21.5. The average Bonchev–Trinajstić information content (AvgIpc) is 3.72. The van der Waals surface area contributed by atoms with Gasteiger partial charge in [0.25, 0.3) is 0 Å². The van der Waals surface area contributed by atoms with Crippen molar-refractivity contribution in [3.63, 3.8) is 0 Å². The zero-order valence-corrected chi connectivity index (χ0v) is 34.7. The van der Waals surface area contributed by atoms with E-state index in [2.05, 4.69) is 185 Å². The molecule has 1 aliphatic rings. The molecule has 0 aromatic heterocycles.